The number of carbonyl (C=O) groups is 3. The molecule has 0 bridgehead atoms. The van der Waals surface area contributed by atoms with E-state index in [0.717, 1.165) is 34.3 Å². The first kappa shape index (κ1) is 22.3. The van der Waals surface area contributed by atoms with Crippen LogP contribution in [0.15, 0.2) is 54.1 Å². The largest absolute Gasteiger partial charge is 0.491 e. The van der Waals surface area contributed by atoms with Crippen LogP contribution in [-0.4, -0.2) is 29.0 Å². The van der Waals surface area contributed by atoms with E-state index in [1.54, 1.807) is 6.08 Å². The lowest BCUT2D eigenvalue weighted by atomic mass is 9.98. The van der Waals surface area contributed by atoms with E-state index in [2.05, 4.69) is 35.1 Å². The Bertz CT molecular complexity index is 1250. The highest BCUT2D eigenvalue weighted by molar-refractivity contribution is 6.31. The van der Waals surface area contributed by atoms with Gasteiger partial charge >= 0.3 is 6.03 Å². The molecule has 3 aromatic rings. The molecule has 7 heteroatoms. The van der Waals surface area contributed by atoms with Crippen LogP contribution in [0.5, 0.6) is 5.75 Å². The zero-order valence-corrected chi connectivity index (χ0v) is 19.0. The number of nitrogens with zero attached hydrogens (tertiary/aromatic N) is 1. The summed E-state index contributed by atoms with van der Waals surface area (Å²) in [4.78, 5) is 35.8. The second-order valence-electron chi connectivity index (χ2n) is 8.16. The number of rotatable bonds is 7. The van der Waals surface area contributed by atoms with Crippen LogP contribution in [0.2, 0.25) is 0 Å². The number of hydrogen-bond donors (Lipinski definition) is 2. The first-order chi connectivity index (χ1) is 15.9. The molecule has 0 spiro atoms. The van der Waals surface area contributed by atoms with Crippen LogP contribution in [0.25, 0.3) is 17.0 Å². The number of amides is 4. The van der Waals surface area contributed by atoms with Crippen molar-refractivity contribution in [1.82, 2.24) is 15.2 Å². The van der Waals surface area contributed by atoms with Gasteiger partial charge in [0.2, 0.25) is 0 Å². The number of ether oxygens (including phenoxy) is 1. The number of nitrogens with one attached hydrogen (secondary N) is 2. The van der Waals surface area contributed by atoms with E-state index in [-0.39, 0.29) is 5.57 Å². The molecule has 4 rings (SSSR count). The summed E-state index contributed by atoms with van der Waals surface area (Å²) in [6, 6.07) is 15.1. The molecular formula is C26H27N3O4. The number of benzene rings is 2. The van der Waals surface area contributed by atoms with Gasteiger partial charge in [-0.3, -0.25) is 20.2 Å². The predicted molar refractivity (Wildman–Crippen MR) is 127 cm³/mol. The molecule has 7 nitrogen and oxygen atoms in total. The lowest BCUT2D eigenvalue weighted by molar-refractivity contribution is -0.123. The molecule has 0 radical (unpaired) electrons. The van der Waals surface area contributed by atoms with Crippen LogP contribution in [-0.2, 0) is 16.1 Å². The molecule has 2 aromatic carbocycles. The maximum Gasteiger partial charge on any atom is 0.328 e. The maximum atomic E-state index is 12.2. The molecule has 1 fully saturated rings. The van der Waals surface area contributed by atoms with E-state index in [0.29, 0.717) is 19.1 Å². The van der Waals surface area contributed by atoms with Gasteiger partial charge in [0.25, 0.3) is 11.8 Å². The highest BCUT2D eigenvalue weighted by Gasteiger charge is 2.28. The summed E-state index contributed by atoms with van der Waals surface area (Å²) in [6.07, 6.45) is 2.58. The van der Waals surface area contributed by atoms with Gasteiger partial charge in [-0.1, -0.05) is 50.2 Å². The number of urea groups is 1. The average Bonchev–Trinajstić information content (AvgIpc) is 3.07. The summed E-state index contributed by atoms with van der Waals surface area (Å²) in [7, 11) is 0. The number of para-hydroxylation sites is 2. The van der Waals surface area contributed by atoms with Gasteiger partial charge in [0.15, 0.2) is 0 Å². The van der Waals surface area contributed by atoms with Gasteiger partial charge in [-0.25, -0.2) is 4.79 Å². The topological polar surface area (TPSA) is 89.4 Å². The minimum absolute atomic E-state index is 0.0978. The van der Waals surface area contributed by atoms with E-state index in [1.807, 2.05) is 49.4 Å². The van der Waals surface area contributed by atoms with Crippen molar-refractivity contribution in [2.45, 2.75) is 39.7 Å². The zero-order valence-electron chi connectivity index (χ0n) is 19.0. The first-order valence-electron chi connectivity index (χ1n) is 11.1. The number of carbonyl (C=O) groups excluding carboxylic acids is 3. The normalized spacial score (nSPS) is 14.8. The van der Waals surface area contributed by atoms with Crippen LogP contribution in [0.1, 0.15) is 43.0 Å². The fraction of sp³-hybridized carbons (Fsp3) is 0.269. The molecule has 1 aliphatic heterocycles. The van der Waals surface area contributed by atoms with Gasteiger partial charge in [-0.15, -0.1) is 0 Å². The van der Waals surface area contributed by atoms with E-state index in [4.69, 9.17) is 4.74 Å². The molecule has 0 unspecified atom stereocenters. The van der Waals surface area contributed by atoms with Gasteiger partial charge in [-0.2, -0.15) is 0 Å². The fourth-order valence-electron chi connectivity index (χ4n) is 4.16. The second kappa shape index (κ2) is 9.32. The number of aromatic nitrogens is 1. The summed E-state index contributed by atoms with van der Waals surface area (Å²) in [5.74, 6) is -0.105. The van der Waals surface area contributed by atoms with Crippen molar-refractivity contribution < 1.29 is 19.1 Å². The van der Waals surface area contributed by atoms with Crippen molar-refractivity contribution in [3.63, 3.8) is 0 Å². The Labute approximate surface area is 192 Å². The lowest BCUT2D eigenvalue weighted by Crippen LogP contribution is -2.51. The summed E-state index contributed by atoms with van der Waals surface area (Å²) >= 11 is 0. The smallest absolute Gasteiger partial charge is 0.328 e. The molecular weight excluding hydrogens is 418 g/mol. The van der Waals surface area contributed by atoms with E-state index >= 15 is 0 Å². The van der Waals surface area contributed by atoms with Crippen molar-refractivity contribution in [1.29, 1.82) is 0 Å². The molecule has 0 aliphatic carbocycles. The third-order valence-electron chi connectivity index (χ3n) is 6.15. The Kier molecular flexibility index (Phi) is 6.31. The van der Waals surface area contributed by atoms with Crippen LogP contribution in [0, 0.1) is 6.92 Å². The van der Waals surface area contributed by atoms with Crippen molar-refractivity contribution in [3.8, 4) is 5.75 Å². The average molecular weight is 446 g/mol. The predicted octanol–water partition coefficient (Wildman–Crippen LogP) is 4.29. The highest BCUT2D eigenvalue weighted by atomic mass is 16.5. The van der Waals surface area contributed by atoms with Gasteiger partial charge in [0.05, 0.1) is 6.54 Å². The summed E-state index contributed by atoms with van der Waals surface area (Å²) in [5, 5.41) is 5.16. The molecule has 33 heavy (non-hydrogen) atoms. The van der Waals surface area contributed by atoms with Crippen molar-refractivity contribution in [2.75, 3.05) is 6.61 Å². The molecule has 1 atom stereocenters. The van der Waals surface area contributed by atoms with E-state index < -0.39 is 17.8 Å². The van der Waals surface area contributed by atoms with Crippen molar-refractivity contribution in [3.05, 3.63) is 70.9 Å². The lowest BCUT2D eigenvalue weighted by Gasteiger charge is -2.16. The van der Waals surface area contributed by atoms with E-state index in [1.165, 1.54) is 5.56 Å². The molecule has 1 aliphatic rings. The first-order valence-corrected chi connectivity index (χ1v) is 11.1. The fourth-order valence-corrected chi connectivity index (χ4v) is 4.16. The monoisotopic (exact) mass is 445 g/mol. The number of fused-ring (bicyclic) bond motifs is 1. The van der Waals surface area contributed by atoms with Crippen molar-refractivity contribution >= 4 is 34.8 Å². The Morgan fingerprint density at radius 3 is 2.39 bits per heavy atom. The van der Waals surface area contributed by atoms with Crippen LogP contribution in [0.4, 0.5) is 4.79 Å². The molecule has 2 heterocycles. The number of imide groups is 2. The Hall–Kier alpha value is -3.87. The van der Waals surface area contributed by atoms with Crippen LogP contribution in [0.3, 0.4) is 0 Å². The SMILES string of the molecule is CC[C@H](C)c1ccccc1OCCn1c(C)c(C=C2C(=O)NC(=O)NC2=O)c2ccccc21. The zero-order chi connectivity index (χ0) is 23.5. The Balaban J connectivity index is 1.64. The maximum absolute atomic E-state index is 12.2. The third kappa shape index (κ3) is 4.39. The molecule has 1 aromatic heterocycles. The minimum atomic E-state index is -0.809. The van der Waals surface area contributed by atoms with Crippen LogP contribution >= 0.6 is 0 Å². The van der Waals surface area contributed by atoms with Gasteiger partial charge in [-0.05, 0) is 43.0 Å². The number of hydrogen-bond acceptors (Lipinski definition) is 4. The van der Waals surface area contributed by atoms with Gasteiger partial charge < -0.3 is 9.30 Å². The quantitative estimate of drug-likeness (QED) is 0.419. The Morgan fingerprint density at radius 1 is 1.00 bits per heavy atom. The summed E-state index contributed by atoms with van der Waals surface area (Å²) in [6.45, 7) is 7.37. The third-order valence-corrected chi connectivity index (χ3v) is 6.15. The summed E-state index contributed by atoms with van der Waals surface area (Å²) in [5.41, 5.74) is 3.75. The Morgan fingerprint density at radius 2 is 1.67 bits per heavy atom. The molecule has 0 saturated carbocycles. The highest BCUT2D eigenvalue weighted by Crippen LogP contribution is 2.30. The second-order valence-corrected chi connectivity index (χ2v) is 8.16. The number of barbiturate groups is 1. The van der Waals surface area contributed by atoms with Crippen LogP contribution < -0.4 is 15.4 Å². The molecule has 1 saturated heterocycles. The van der Waals surface area contributed by atoms with Gasteiger partial charge in [0.1, 0.15) is 17.9 Å². The summed E-state index contributed by atoms with van der Waals surface area (Å²) < 4.78 is 8.29. The molecule has 4 amide bonds. The van der Waals surface area contributed by atoms with E-state index in [9.17, 15) is 14.4 Å². The van der Waals surface area contributed by atoms with Gasteiger partial charge in [0, 0.05) is 22.2 Å². The standard InChI is InChI=1S/C26H27N3O4/c1-4-16(2)18-9-6-8-12-23(18)33-14-13-29-17(3)20(19-10-5-7-11-22(19)29)15-21-24(30)27-26(32)28-25(21)31/h5-12,15-16H,4,13-14H2,1-3H3,(H2,27,28,30,31,32)/t16-/m0/s1. The molecule has 2 N–H and O–H groups in total. The molecule has 170 valence electrons. The van der Waals surface area contributed by atoms with Crippen molar-refractivity contribution in [2.24, 2.45) is 0 Å². The minimum Gasteiger partial charge on any atom is -0.491 e.